The maximum Gasteiger partial charge on any atom is 0.490 e. The van der Waals surface area contributed by atoms with Crippen LogP contribution in [0.25, 0.3) is 10.6 Å². The number of aromatic nitrogens is 1. The zero-order valence-electron chi connectivity index (χ0n) is 18.9. The number of aryl methyl sites for hydroxylation is 1. The van der Waals surface area contributed by atoms with Crippen LogP contribution in [0.5, 0.6) is 0 Å². The topological polar surface area (TPSA) is 129 Å². The van der Waals surface area contributed by atoms with E-state index in [1.807, 2.05) is 25.1 Å². The van der Waals surface area contributed by atoms with E-state index in [1.165, 1.54) is 10.6 Å². The van der Waals surface area contributed by atoms with Crippen LogP contribution in [-0.2, 0) is 22.6 Å². The molecule has 0 atom stereocenters. The number of benzene rings is 1. The molecule has 8 nitrogen and oxygen atoms in total. The first kappa shape index (κ1) is 26.6. The third-order valence-corrected chi connectivity index (χ3v) is 7.11. The number of halogens is 3. The summed E-state index contributed by atoms with van der Waals surface area (Å²) in [6.45, 7) is 3.88. The van der Waals surface area contributed by atoms with Crippen LogP contribution < -0.4 is 10.6 Å². The molecule has 1 aliphatic carbocycles. The van der Waals surface area contributed by atoms with Crippen molar-refractivity contribution >= 4 is 29.2 Å². The molecule has 4 N–H and O–H groups in total. The number of nitrogens with one attached hydrogen (secondary N) is 2. The number of amides is 1. The highest BCUT2D eigenvalue weighted by atomic mass is 32.1. The molecule has 2 heterocycles. The lowest BCUT2D eigenvalue weighted by Gasteiger charge is -2.26. The summed E-state index contributed by atoms with van der Waals surface area (Å²) < 4.78 is 31.7. The van der Waals surface area contributed by atoms with Gasteiger partial charge in [-0.15, -0.1) is 11.3 Å². The second-order valence-electron chi connectivity index (χ2n) is 8.51. The lowest BCUT2D eigenvalue weighted by atomic mass is 9.86. The maximum atomic E-state index is 12.6. The molecular weight excluding hydrogens is 487 g/mol. The smallest absolute Gasteiger partial charge is 0.481 e. The van der Waals surface area contributed by atoms with E-state index in [-0.39, 0.29) is 17.9 Å². The molecule has 1 saturated carbocycles. The minimum Gasteiger partial charge on any atom is -0.481 e. The first-order chi connectivity index (χ1) is 16.5. The molecule has 1 aromatic heterocycles. The Hall–Kier alpha value is -2.99. The highest BCUT2D eigenvalue weighted by Crippen LogP contribution is 2.32. The highest BCUT2D eigenvalue weighted by molar-refractivity contribution is 7.15. The van der Waals surface area contributed by atoms with Crippen molar-refractivity contribution in [2.75, 3.05) is 6.54 Å². The molecule has 0 bridgehead atoms. The second-order valence-corrected chi connectivity index (χ2v) is 9.59. The van der Waals surface area contributed by atoms with Crippen molar-refractivity contribution in [3.05, 3.63) is 39.9 Å². The molecule has 190 valence electrons. The van der Waals surface area contributed by atoms with Gasteiger partial charge < -0.3 is 20.8 Å². The summed E-state index contributed by atoms with van der Waals surface area (Å²) in [6.07, 6.45) is -1.42. The lowest BCUT2D eigenvalue weighted by molar-refractivity contribution is -0.192. The SMILES string of the molecule is Cc1cc(C(=O)NC2CCC(C(=O)O)CC2)ccc1-c1nc2c(s1)CNCC2.O=C(O)C(F)(F)F. The molecule has 2 aromatic rings. The van der Waals surface area contributed by atoms with Crippen LogP contribution in [0.3, 0.4) is 0 Å². The monoisotopic (exact) mass is 513 g/mol. The van der Waals surface area contributed by atoms with Gasteiger partial charge in [0.1, 0.15) is 5.01 Å². The molecule has 2 aliphatic rings. The molecule has 1 fully saturated rings. The van der Waals surface area contributed by atoms with Crippen molar-refractivity contribution in [1.29, 1.82) is 0 Å². The summed E-state index contributed by atoms with van der Waals surface area (Å²) in [5.41, 5.74) is 3.96. The Morgan fingerprint density at radius 1 is 1.14 bits per heavy atom. The van der Waals surface area contributed by atoms with Crippen molar-refractivity contribution in [3.8, 4) is 10.6 Å². The van der Waals surface area contributed by atoms with Crippen LogP contribution in [0.1, 0.15) is 52.2 Å². The third-order valence-electron chi connectivity index (χ3n) is 5.98. The summed E-state index contributed by atoms with van der Waals surface area (Å²) in [5, 5.41) is 23.7. The largest absolute Gasteiger partial charge is 0.490 e. The predicted molar refractivity (Wildman–Crippen MR) is 122 cm³/mol. The number of rotatable bonds is 4. The van der Waals surface area contributed by atoms with Gasteiger partial charge in [0.15, 0.2) is 0 Å². The fourth-order valence-corrected chi connectivity index (χ4v) is 5.21. The predicted octanol–water partition coefficient (Wildman–Crippen LogP) is 3.77. The number of alkyl halides is 3. The first-order valence-electron chi connectivity index (χ1n) is 11.1. The van der Waals surface area contributed by atoms with E-state index in [0.29, 0.717) is 18.4 Å². The number of aliphatic carboxylic acids is 2. The first-order valence-corrected chi connectivity index (χ1v) is 11.9. The Balaban J connectivity index is 0.000000429. The van der Waals surface area contributed by atoms with E-state index in [1.54, 1.807) is 11.3 Å². The van der Waals surface area contributed by atoms with Gasteiger partial charge in [0.2, 0.25) is 0 Å². The van der Waals surface area contributed by atoms with E-state index in [9.17, 15) is 22.8 Å². The van der Waals surface area contributed by atoms with Gasteiger partial charge in [-0.2, -0.15) is 13.2 Å². The summed E-state index contributed by atoms with van der Waals surface area (Å²) in [7, 11) is 0. The average molecular weight is 514 g/mol. The Morgan fingerprint density at radius 2 is 1.80 bits per heavy atom. The van der Waals surface area contributed by atoms with Gasteiger partial charge in [-0.05, 0) is 50.3 Å². The van der Waals surface area contributed by atoms with Crippen LogP contribution in [-0.4, -0.2) is 51.8 Å². The number of carboxylic acid groups (broad SMARTS) is 2. The number of carboxylic acids is 2. The van der Waals surface area contributed by atoms with Crippen molar-refractivity contribution in [2.24, 2.45) is 5.92 Å². The molecule has 0 saturated heterocycles. The number of nitrogens with zero attached hydrogens (tertiary/aromatic N) is 1. The number of carbonyl (C=O) groups excluding carboxylic acids is 1. The van der Waals surface area contributed by atoms with E-state index >= 15 is 0 Å². The summed E-state index contributed by atoms with van der Waals surface area (Å²) in [4.78, 5) is 38.7. The third kappa shape index (κ3) is 7.01. The number of fused-ring (bicyclic) bond motifs is 1. The molecule has 4 rings (SSSR count). The van der Waals surface area contributed by atoms with Gasteiger partial charge >= 0.3 is 18.1 Å². The molecule has 35 heavy (non-hydrogen) atoms. The summed E-state index contributed by atoms with van der Waals surface area (Å²) in [5.74, 6) is -3.84. The zero-order valence-corrected chi connectivity index (χ0v) is 19.8. The van der Waals surface area contributed by atoms with Crippen LogP contribution in [0.15, 0.2) is 18.2 Å². The highest BCUT2D eigenvalue weighted by Gasteiger charge is 2.38. The van der Waals surface area contributed by atoms with Gasteiger partial charge in [-0.3, -0.25) is 9.59 Å². The summed E-state index contributed by atoms with van der Waals surface area (Å²) in [6, 6.07) is 5.83. The van der Waals surface area contributed by atoms with Gasteiger partial charge in [-0.1, -0.05) is 6.07 Å². The van der Waals surface area contributed by atoms with E-state index in [0.717, 1.165) is 48.5 Å². The molecule has 0 spiro atoms. The quantitative estimate of drug-likeness (QED) is 0.490. The fourth-order valence-electron chi connectivity index (χ4n) is 4.04. The zero-order chi connectivity index (χ0) is 25.8. The standard InChI is InChI=1S/C21H25N3O3S.C2HF3O2/c1-12-10-14(19(25)23-15-5-2-13(3-6-15)21(26)27)4-7-16(12)20-24-17-8-9-22-11-18(17)28-20;3-2(4,5)1(6)7/h4,7,10,13,15,22H,2-3,5-6,8-9,11H2,1H3,(H,23,25)(H,26,27);(H,6,7). The van der Waals surface area contributed by atoms with Crippen molar-refractivity contribution < 1.29 is 37.8 Å². The Bertz CT molecular complexity index is 1070. The van der Waals surface area contributed by atoms with Crippen LogP contribution in [0.2, 0.25) is 0 Å². The Labute approximate surface area is 203 Å². The number of carbonyl (C=O) groups is 3. The lowest BCUT2D eigenvalue weighted by Crippen LogP contribution is -2.38. The minimum atomic E-state index is -5.08. The van der Waals surface area contributed by atoms with Gasteiger partial charge in [-0.25, -0.2) is 9.78 Å². The number of hydrogen-bond donors (Lipinski definition) is 4. The van der Waals surface area contributed by atoms with Crippen molar-refractivity contribution in [1.82, 2.24) is 15.6 Å². The second kappa shape index (κ2) is 11.2. The number of hydrogen-bond acceptors (Lipinski definition) is 6. The van der Waals surface area contributed by atoms with Gasteiger partial charge in [0, 0.05) is 41.6 Å². The number of thiazole rings is 1. The van der Waals surface area contributed by atoms with E-state index in [4.69, 9.17) is 20.0 Å². The molecule has 0 radical (unpaired) electrons. The normalized spacial score (nSPS) is 19.7. The molecule has 12 heteroatoms. The van der Waals surface area contributed by atoms with Crippen molar-refractivity contribution in [2.45, 2.75) is 57.8 Å². The Kier molecular flexibility index (Phi) is 8.49. The van der Waals surface area contributed by atoms with Crippen LogP contribution in [0, 0.1) is 12.8 Å². The maximum absolute atomic E-state index is 12.6. The Morgan fingerprint density at radius 3 is 2.34 bits per heavy atom. The fraction of sp³-hybridized carbons (Fsp3) is 0.478. The molecule has 1 aromatic carbocycles. The van der Waals surface area contributed by atoms with Crippen LogP contribution >= 0.6 is 11.3 Å². The van der Waals surface area contributed by atoms with Gasteiger partial charge in [0.05, 0.1) is 11.6 Å². The molecular formula is C23H26F3N3O5S. The minimum absolute atomic E-state index is 0.0567. The molecule has 1 aliphatic heterocycles. The molecule has 0 unspecified atom stereocenters. The average Bonchev–Trinajstić information content (AvgIpc) is 3.23. The van der Waals surface area contributed by atoms with Gasteiger partial charge in [0.25, 0.3) is 5.91 Å². The van der Waals surface area contributed by atoms with E-state index in [2.05, 4.69) is 10.6 Å². The van der Waals surface area contributed by atoms with Crippen molar-refractivity contribution in [3.63, 3.8) is 0 Å². The summed E-state index contributed by atoms with van der Waals surface area (Å²) >= 11 is 1.73. The van der Waals surface area contributed by atoms with Crippen LogP contribution in [0.4, 0.5) is 13.2 Å². The van der Waals surface area contributed by atoms with E-state index < -0.39 is 18.1 Å². The molecule has 1 amide bonds.